The van der Waals surface area contributed by atoms with Gasteiger partial charge in [0.2, 0.25) is 0 Å². The summed E-state index contributed by atoms with van der Waals surface area (Å²) in [6, 6.07) is 0. The van der Waals surface area contributed by atoms with Crippen LogP contribution in [0.4, 0.5) is 0 Å². The molecule has 18 heavy (non-hydrogen) atoms. The van der Waals surface area contributed by atoms with Crippen molar-refractivity contribution in [3.8, 4) is 0 Å². The van der Waals surface area contributed by atoms with Gasteiger partial charge in [-0.15, -0.1) is 0 Å². The Hall–Kier alpha value is -0.520. The molecule has 0 aromatic carbocycles. The predicted molar refractivity (Wildman–Crippen MR) is 85.0 cm³/mol. The van der Waals surface area contributed by atoms with E-state index in [0.717, 1.165) is 0 Å². The van der Waals surface area contributed by atoms with Gasteiger partial charge in [0.05, 0.1) is 0 Å². The topological polar surface area (TPSA) is 0 Å². The van der Waals surface area contributed by atoms with Crippen molar-refractivity contribution in [3.63, 3.8) is 0 Å². The minimum atomic E-state index is 1.28. The van der Waals surface area contributed by atoms with E-state index < -0.39 is 0 Å². The van der Waals surface area contributed by atoms with Crippen LogP contribution in [0, 0.1) is 0 Å². The lowest BCUT2D eigenvalue weighted by molar-refractivity contribution is 0.662. The second-order valence-electron chi connectivity index (χ2n) is 5.65. The smallest absolute Gasteiger partial charge is 0.0320 e. The average molecular weight is 250 g/mol. The van der Waals surface area contributed by atoms with Crippen molar-refractivity contribution in [1.82, 2.24) is 0 Å². The Labute approximate surface area is 116 Å². The van der Waals surface area contributed by atoms with Gasteiger partial charge in [0.15, 0.2) is 0 Å². The van der Waals surface area contributed by atoms with Crippen molar-refractivity contribution in [2.24, 2.45) is 0 Å². The third-order valence-electron chi connectivity index (χ3n) is 3.50. The van der Waals surface area contributed by atoms with Crippen molar-refractivity contribution >= 4 is 0 Å². The first-order chi connectivity index (χ1) is 8.70. The van der Waals surface area contributed by atoms with Gasteiger partial charge in [-0.2, -0.15) is 0 Å². The lowest BCUT2D eigenvalue weighted by Crippen LogP contribution is -1.81. The van der Waals surface area contributed by atoms with E-state index in [1.807, 2.05) is 0 Å². The number of rotatable bonds is 11. The highest BCUT2D eigenvalue weighted by Gasteiger charge is 1.92. The van der Waals surface area contributed by atoms with Crippen LogP contribution in [0.2, 0.25) is 0 Å². The van der Waals surface area contributed by atoms with Crippen LogP contribution < -0.4 is 0 Å². The minimum Gasteiger partial charge on any atom is -0.0733 e. The van der Waals surface area contributed by atoms with Gasteiger partial charge >= 0.3 is 0 Å². The second-order valence-corrected chi connectivity index (χ2v) is 5.65. The molecule has 0 heterocycles. The quantitative estimate of drug-likeness (QED) is 0.279. The zero-order chi connectivity index (χ0) is 13.6. The number of allylic oxidation sites excluding steroid dienone is 4. The molecule has 0 aromatic heterocycles. The van der Waals surface area contributed by atoms with Crippen molar-refractivity contribution in [1.29, 1.82) is 0 Å². The molecule has 0 saturated heterocycles. The molecular weight excluding hydrogens is 216 g/mol. The molecule has 0 bridgehead atoms. The van der Waals surface area contributed by atoms with Gasteiger partial charge in [0.1, 0.15) is 0 Å². The molecule has 0 aliphatic rings. The van der Waals surface area contributed by atoms with Gasteiger partial charge in [-0.05, 0) is 39.5 Å². The third kappa shape index (κ3) is 12.0. The number of hydrogen-bond acceptors (Lipinski definition) is 0. The zero-order valence-electron chi connectivity index (χ0n) is 13.2. The van der Waals surface area contributed by atoms with E-state index >= 15 is 0 Å². The molecule has 0 unspecified atom stereocenters. The minimum absolute atomic E-state index is 1.28. The second kappa shape index (κ2) is 12.9. The van der Waals surface area contributed by atoms with Crippen molar-refractivity contribution in [2.75, 3.05) is 0 Å². The molecule has 0 spiro atoms. The highest BCUT2D eigenvalue weighted by molar-refractivity contribution is 5.15. The Morgan fingerprint density at radius 3 is 1.33 bits per heavy atom. The number of unbranched alkanes of at least 4 members (excludes halogenated alkanes) is 6. The van der Waals surface area contributed by atoms with E-state index in [1.165, 1.54) is 64.2 Å². The van der Waals surface area contributed by atoms with E-state index in [4.69, 9.17) is 0 Å². The van der Waals surface area contributed by atoms with Crippen LogP contribution in [0.15, 0.2) is 23.3 Å². The summed E-state index contributed by atoms with van der Waals surface area (Å²) in [5.41, 5.74) is 3.08. The fourth-order valence-corrected chi connectivity index (χ4v) is 2.11. The van der Waals surface area contributed by atoms with Crippen LogP contribution in [0.1, 0.15) is 91.9 Å². The first kappa shape index (κ1) is 17.5. The summed E-state index contributed by atoms with van der Waals surface area (Å²) in [6.45, 7) is 9.08. The van der Waals surface area contributed by atoms with E-state index in [2.05, 4.69) is 39.8 Å². The molecule has 0 aliphatic carbocycles. The first-order valence-electron chi connectivity index (χ1n) is 8.03. The largest absolute Gasteiger partial charge is 0.0733 e. The summed E-state index contributed by atoms with van der Waals surface area (Å²) < 4.78 is 0. The lowest BCUT2D eigenvalue weighted by atomic mass is 10.0. The average Bonchev–Trinajstić information content (AvgIpc) is 2.37. The van der Waals surface area contributed by atoms with Gasteiger partial charge in [0.25, 0.3) is 0 Å². The highest BCUT2D eigenvalue weighted by Crippen LogP contribution is 2.12. The van der Waals surface area contributed by atoms with Crippen LogP contribution >= 0.6 is 0 Å². The Kier molecular flexibility index (Phi) is 12.6. The third-order valence-corrected chi connectivity index (χ3v) is 3.50. The van der Waals surface area contributed by atoms with Crippen molar-refractivity contribution in [3.05, 3.63) is 23.3 Å². The van der Waals surface area contributed by atoms with Gasteiger partial charge in [-0.1, -0.05) is 75.7 Å². The molecule has 0 atom stereocenters. The summed E-state index contributed by atoms with van der Waals surface area (Å²) in [4.78, 5) is 0. The molecular formula is C18H34. The predicted octanol–water partition coefficient (Wildman–Crippen LogP) is 6.82. The summed E-state index contributed by atoms with van der Waals surface area (Å²) in [5.74, 6) is 0. The molecule has 0 rings (SSSR count). The highest BCUT2D eigenvalue weighted by atomic mass is 14.0. The van der Waals surface area contributed by atoms with E-state index in [-0.39, 0.29) is 0 Å². The molecule has 0 radical (unpaired) electrons. The SMILES string of the molecule is CCCCCC/C(C)=C/C=C(\C)CCCCCC. The van der Waals surface area contributed by atoms with Crippen molar-refractivity contribution < 1.29 is 0 Å². The number of hydrogen-bond donors (Lipinski definition) is 0. The molecule has 0 saturated carbocycles. The van der Waals surface area contributed by atoms with Gasteiger partial charge in [-0.25, -0.2) is 0 Å². The van der Waals surface area contributed by atoms with Gasteiger partial charge in [-0.3, -0.25) is 0 Å². The van der Waals surface area contributed by atoms with Crippen LogP contribution in [0.3, 0.4) is 0 Å². The maximum absolute atomic E-state index is 2.33. The Bertz CT molecular complexity index is 206. The molecule has 0 N–H and O–H groups in total. The summed E-state index contributed by atoms with van der Waals surface area (Å²) in [7, 11) is 0. The molecule has 0 amide bonds. The molecule has 0 heteroatoms. The van der Waals surface area contributed by atoms with Crippen LogP contribution in [0.5, 0.6) is 0 Å². The van der Waals surface area contributed by atoms with E-state index in [1.54, 1.807) is 11.1 Å². The Morgan fingerprint density at radius 2 is 1.00 bits per heavy atom. The van der Waals surface area contributed by atoms with E-state index in [9.17, 15) is 0 Å². The van der Waals surface area contributed by atoms with Crippen LogP contribution in [-0.2, 0) is 0 Å². The van der Waals surface area contributed by atoms with Gasteiger partial charge in [0, 0.05) is 0 Å². The fourth-order valence-electron chi connectivity index (χ4n) is 2.11. The molecule has 0 nitrogen and oxygen atoms in total. The fraction of sp³-hybridized carbons (Fsp3) is 0.778. The Balaban J connectivity index is 3.72. The van der Waals surface area contributed by atoms with Crippen LogP contribution in [-0.4, -0.2) is 0 Å². The van der Waals surface area contributed by atoms with Crippen LogP contribution in [0.25, 0.3) is 0 Å². The van der Waals surface area contributed by atoms with Crippen molar-refractivity contribution in [2.45, 2.75) is 91.9 Å². The molecule has 0 aliphatic heterocycles. The lowest BCUT2D eigenvalue weighted by Gasteiger charge is -2.02. The summed E-state index contributed by atoms with van der Waals surface area (Å²) in [6.07, 6.45) is 18.2. The Morgan fingerprint density at radius 1 is 0.611 bits per heavy atom. The zero-order valence-corrected chi connectivity index (χ0v) is 13.2. The normalized spacial score (nSPS) is 13.1. The molecule has 0 fully saturated rings. The maximum Gasteiger partial charge on any atom is -0.0320 e. The monoisotopic (exact) mass is 250 g/mol. The summed E-state index contributed by atoms with van der Waals surface area (Å²) >= 11 is 0. The van der Waals surface area contributed by atoms with E-state index in [0.29, 0.717) is 0 Å². The molecule has 0 aromatic rings. The van der Waals surface area contributed by atoms with Gasteiger partial charge < -0.3 is 0 Å². The first-order valence-corrected chi connectivity index (χ1v) is 8.03. The summed E-state index contributed by atoms with van der Waals surface area (Å²) in [5, 5.41) is 0. The standard InChI is InChI=1S/C18H34/c1-5-7-9-11-13-17(3)15-16-18(4)14-12-10-8-6-2/h15-16H,5-14H2,1-4H3/b17-15+,18-16+. The maximum atomic E-state index is 2.33. The molecule has 106 valence electrons.